The van der Waals surface area contributed by atoms with Gasteiger partial charge in [-0.05, 0) is 43.4 Å². The van der Waals surface area contributed by atoms with Gasteiger partial charge in [-0.3, -0.25) is 9.69 Å². The average Bonchev–Trinajstić information content (AvgIpc) is 2.37. The third-order valence-electron chi connectivity index (χ3n) is 4.04. The molecule has 1 aromatic carbocycles. The van der Waals surface area contributed by atoms with E-state index in [4.69, 9.17) is 0 Å². The Bertz CT molecular complexity index is 444. The predicted molar refractivity (Wildman–Crippen MR) is 76.1 cm³/mol. The summed E-state index contributed by atoms with van der Waals surface area (Å²) < 4.78 is 0. The molecule has 0 aromatic heterocycles. The van der Waals surface area contributed by atoms with Gasteiger partial charge in [0.05, 0.1) is 6.42 Å². The monoisotopic (exact) mass is 261 g/mol. The van der Waals surface area contributed by atoms with E-state index in [2.05, 4.69) is 30.9 Å². The number of carbonyl (C=O) groups is 1. The molecule has 1 N–H and O–H groups in total. The van der Waals surface area contributed by atoms with Gasteiger partial charge in [-0.2, -0.15) is 0 Å². The molecule has 0 amide bonds. The number of aliphatic carboxylic acids is 1. The van der Waals surface area contributed by atoms with Crippen LogP contribution in [0.15, 0.2) is 24.3 Å². The van der Waals surface area contributed by atoms with Crippen molar-refractivity contribution >= 4 is 5.97 Å². The highest BCUT2D eigenvalue weighted by Crippen LogP contribution is 2.31. The van der Waals surface area contributed by atoms with Gasteiger partial charge in [0.1, 0.15) is 0 Å². The summed E-state index contributed by atoms with van der Waals surface area (Å²) in [5.41, 5.74) is 2.35. The van der Waals surface area contributed by atoms with Gasteiger partial charge < -0.3 is 5.11 Å². The van der Waals surface area contributed by atoms with Crippen LogP contribution in [-0.4, -0.2) is 29.1 Å². The molecule has 1 aromatic rings. The first-order chi connectivity index (χ1) is 9.08. The fraction of sp³-hybridized carbons (Fsp3) is 0.562. The van der Waals surface area contributed by atoms with Gasteiger partial charge in [0.2, 0.25) is 0 Å². The highest BCUT2D eigenvalue weighted by Gasteiger charge is 2.27. The lowest BCUT2D eigenvalue weighted by Gasteiger charge is -2.37. The SMILES string of the molecule is Cc1ccccc1C(CC(=O)O)N1CCCC(C)C1. The lowest BCUT2D eigenvalue weighted by Crippen LogP contribution is -2.38. The molecule has 3 heteroatoms. The lowest BCUT2D eigenvalue weighted by atomic mass is 9.92. The second-order valence-corrected chi connectivity index (χ2v) is 5.71. The number of hydrogen-bond acceptors (Lipinski definition) is 2. The van der Waals surface area contributed by atoms with Gasteiger partial charge in [0.25, 0.3) is 0 Å². The first kappa shape index (κ1) is 14.1. The molecular weight excluding hydrogens is 238 g/mol. The fourth-order valence-electron chi connectivity index (χ4n) is 3.07. The molecule has 1 heterocycles. The maximum absolute atomic E-state index is 11.2. The number of aryl methyl sites for hydroxylation is 1. The number of likely N-dealkylation sites (tertiary alicyclic amines) is 1. The minimum atomic E-state index is -0.716. The van der Waals surface area contributed by atoms with E-state index in [1.54, 1.807) is 0 Å². The quantitative estimate of drug-likeness (QED) is 0.904. The van der Waals surface area contributed by atoms with Crippen LogP contribution in [-0.2, 0) is 4.79 Å². The van der Waals surface area contributed by atoms with E-state index < -0.39 is 5.97 Å². The predicted octanol–water partition coefficient (Wildman–Crippen LogP) is 3.24. The zero-order valence-electron chi connectivity index (χ0n) is 11.8. The van der Waals surface area contributed by atoms with Crippen LogP contribution in [0.3, 0.4) is 0 Å². The van der Waals surface area contributed by atoms with Crippen molar-refractivity contribution in [3.8, 4) is 0 Å². The normalized spacial score (nSPS) is 22.1. The summed E-state index contributed by atoms with van der Waals surface area (Å²) in [4.78, 5) is 13.5. The van der Waals surface area contributed by atoms with Crippen LogP contribution in [0.2, 0.25) is 0 Å². The van der Waals surface area contributed by atoms with Gasteiger partial charge in [-0.15, -0.1) is 0 Å². The van der Waals surface area contributed by atoms with Crippen LogP contribution >= 0.6 is 0 Å². The number of rotatable bonds is 4. The summed E-state index contributed by atoms with van der Waals surface area (Å²) in [7, 11) is 0. The third kappa shape index (κ3) is 3.57. The summed E-state index contributed by atoms with van der Waals surface area (Å²) >= 11 is 0. The van der Waals surface area contributed by atoms with E-state index in [1.807, 2.05) is 12.1 Å². The summed E-state index contributed by atoms with van der Waals surface area (Å²) in [6.45, 7) is 6.34. The van der Waals surface area contributed by atoms with Gasteiger partial charge in [0.15, 0.2) is 0 Å². The number of hydrogen-bond donors (Lipinski definition) is 1. The standard InChI is InChI=1S/C16H23NO2/c1-12-6-5-9-17(11-12)15(10-16(18)19)14-8-4-3-7-13(14)2/h3-4,7-8,12,15H,5-6,9-11H2,1-2H3,(H,18,19). The fourth-order valence-corrected chi connectivity index (χ4v) is 3.07. The molecular formula is C16H23NO2. The molecule has 1 aliphatic rings. The van der Waals surface area contributed by atoms with Crippen molar-refractivity contribution in [3.05, 3.63) is 35.4 Å². The zero-order valence-corrected chi connectivity index (χ0v) is 11.8. The molecule has 1 fully saturated rings. The summed E-state index contributed by atoms with van der Waals surface area (Å²) in [5.74, 6) is -0.0551. The Morgan fingerprint density at radius 2 is 2.21 bits per heavy atom. The Labute approximate surface area is 115 Å². The van der Waals surface area contributed by atoms with E-state index >= 15 is 0 Å². The first-order valence-electron chi connectivity index (χ1n) is 7.09. The molecule has 3 nitrogen and oxygen atoms in total. The van der Waals surface area contributed by atoms with E-state index in [0.717, 1.165) is 13.1 Å². The Balaban J connectivity index is 2.25. The van der Waals surface area contributed by atoms with Crippen LogP contribution in [0.25, 0.3) is 0 Å². The van der Waals surface area contributed by atoms with Gasteiger partial charge in [0, 0.05) is 12.6 Å². The molecule has 0 saturated carbocycles. The van der Waals surface area contributed by atoms with Gasteiger partial charge in [-0.25, -0.2) is 0 Å². The minimum Gasteiger partial charge on any atom is -0.481 e. The van der Waals surface area contributed by atoms with Crippen molar-refractivity contribution in [2.24, 2.45) is 5.92 Å². The summed E-state index contributed by atoms with van der Waals surface area (Å²) in [6, 6.07) is 8.17. The number of nitrogens with zero attached hydrogens (tertiary/aromatic N) is 1. The molecule has 0 spiro atoms. The molecule has 2 rings (SSSR count). The Kier molecular flexibility index (Phi) is 4.59. The molecule has 2 atom stereocenters. The molecule has 2 unspecified atom stereocenters. The summed E-state index contributed by atoms with van der Waals surface area (Å²) in [6.07, 6.45) is 2.62. The van der Waals surface area contributed by atoms with Crippen LogP contribution in [0.1, 0.15) is 43.4 Å². The van der Waals surface area contributed by atoms with Crippen molar-refractivity contribution in [2.75, 3.05) is 13.1 Å². The third-order valence-corrected chi connectivity index (χ3v) is 4.04. The van der Waals surface area contributed by atoms with Crippen molar-refractivity contribution in [3.63, 3.8) is 0 Å². The van der Waals surface area contributed by atoms with Crippen molar-refractivity contribution in [1.29, 1.82) is 0 Å². The molecule has 1 aliphatic heterocycles. The highest BCUT2D eigenvalue weighted by atomic mass is 16.4. The second-order valence-electron chi connectivity index (χ2n) is 5.71. The molecule has 19 heavy (non-hydrogen) atoms. The topological polar surface area (TPSA) is 40.5 Å². The Morgan fingerprint density at radius 3 is 2.84 bits per heavy atom. The Hall–Kier alpha value is -1.35. The largest absolute Gasteiger partial charge is 0.481 e. The van der Waals surface area contributed by atoms with Crippen LogP contribution < -0.4 is 0 Å². The van der Waals surface area contributed by atoms with Gasteiger partial charge in [-0.1, -0.05) is 31.2 Å². The highest BCUT2D eigenvalue weighted by molar-refractivity contribution is 5.68. The van der Waals surface area contributed by atoms with Crippen LogP contribution in [0, 0.1) is 12.8 Å². The second kappa shape index (κ2) is 6.20. The van der Waals surface area contributed by atoms with E-state index in [-0.39, 0.29) is 12.5 Å². The molecule has 0 aliphatic carbocycles. The van der Waals surface area contributed by atoms with Crippen molar-refractivity contribution in [2.45, 2.75) is 39.2 Å². The zero-order chi connectivity index (χ0) is 13.8. The molecule has 1 saturated heterocycles. The minimum absolute atomic E-state index is 0.0152. The van der Waals surface area contributed by atoms with E-state index in [1.165, 1.54) is 24.0 Å². The first-order valence-corrected chi connectivity index (χ1v) is 7.09. The smallest absolute Gasteiger partial charge is 0.305 e. The lowest BCUT2D eigenvalue weighted by molar-refractivity contribution is -0.138. The van der Waals surface area contributed by atoms with E-state index in [9.17, 15) is 9.90 Å². The molecule has 0 bridgehead atoms. The number of carboxylic acid groups (broad SMARTS) is 1. The van der Waals surface area contributed by atoms with Crippen LogP contribution in [0.5, 0.6) is 0 Å². The number of carboxylic acids is 1. The maximum atomic E-state index is 11.2. The van der Waals surface area contributed by atoms with Crippen molar-refractivity contribution < 1.29 is 9.90 Å². The Morgan fingerprint density at radius 1 is 1.47 bits per heavy atom. The number of piperidine rings is 1. The van der Waals surface area contributed by atoms with Crippen molar-refractivity contribution in [1.82, 2.24) is 4.90 Å². The molecule has 104 valence electrons. The number of benzene rings is 1. The summed E-state index contributed by atoms with van der Waals surface area (Å²) in [5, 5.41) is 9.21. The maximum Gasteiger partial charge on any atom is 0.305 e. The van der Waals surface area contributed by atoms with E-state index in [0.29, 0.717) is 5.92 Å². The van der Waals surface area contributed by atoms with Gasteiger partial charge >= 0.3 is 5.97 Å². The molecule has 0 radical (unpaired) electrons. The average molecular weight is 261 g/mol. The van der Waals surface area contributed by atoms with Crippen LogP contribution in [0.4, 0.5) is 0 Å².